The zero-order valence-corrected chi connectivity index (χ0v) is 16.0. The Balaban J connectivity index is 1.30. The first-order chi connectivity index (χ1) is 13.5. The summed E-state index contributed by atoms with van der Waals surface area (Å²) in [6.07, 6.45) is 3.37. The number of nitrogens with zero attached hydrogens (tertiary/aromatic N) is 1. The van der Waals surface area contributed by atoms with Gasteiger partial charge in [0.05, 0.1) is 4.90 Å². The maximum Gasteiger partial charge on any atom is 0.254 e. The summed E-state index contributed by atoms with van der Waals surface area (Å²) in [7, 11) is -3.53. The number of rotatable bonds is 4. The summed E-state index contributed by atoms with van der Waals surface area (Å²) in [4.78, 5) is 18.3. The Morgan fingerprint density at radius 1 is 1.07 bits per heavy atom. The minimum Gasteiger partial charge on any atom is -0.361 e. The molecule has 2 heterocycles. The fourth-order valence-electron chi connectivity index (χ4n) is 4.56. The number of fused-ring (bicyclic) bond motifs is 3. The monoisotopic (exact) mass is 395 g/mol. The zero-order valence-electron chi connectivity index (χ0n) is 15.2. The number of carbonyl (C=O) groups excluding carboxylic acids is 1. The molecule has 3 atom stereocenters. The first kappa shape index (κ1) is 17.5. The van der Waals surface area contributed by atoms with Gasteiger partial charge in [0.25, 0.3) is 5.91 Å². The highest BCUT2D eigenvalue weighted by Crippen LogP contribution is 2.39. The summed E-state index contributed by atoms with van der Waals surface area (Å²) < 4.78 is 28.1. The second-order valence-electron chi connectivity index (χ2n) is 7.66. The first-order valence-electron chi connectivity index (χ1n) is 9.47. The Hall–Kier alpha value is -2.64. The van der Waals surface area contributed by atoms with E-state index in [1.165, 1.54) is 0 Å². The third kappa shape index (κ3) is 2.91. The van der Waals surface area contributed by atoms with Crippen molar-refractivity contribution in [3.8, 4) is 0 Å². The van der Waals surface area contributed by atoms with Gasteiger partial charge in [0.15, 0.2) is 0 Å². The lowest BCUT2D eigenvalue weighted by Gasteiger charge is -2.32. The molecule has 5 rings (SSSR count). The molecule has 28 heavy (non-hydrogen) atoms. The van der Waals surface area contributed by atoms with Crippen LogP contribution in [0.2, 0.25) is 0 Å². The van der Waals surface area contributed by atoms with Gasteiger partial charge in [-0.3, -0.25) is 4.79 Å². The molecule has 7 heteroatoms. The largest absolute Gasteiger partial charge is 0.361 e. The van der Waals surface area contributed by atoms with Gasteiger partial charge < -0.3 is 9.88 Å². The lowest BCUT2D eigenvalue weighted by atomic mass is 10.0. The van der Waals surface area contributed by atoms with Crippen LogP contribution in [0.4, 0.5) is 0 Å². The molecule has 6 nitrogen and oxygen atoms in total. The van der Waals surface area contributed by atoms with Crippen LogP contribution in [0.25, 0.3) is 10.9 Å². The highest BCUT2D eigenvalue weighted by atomic mass is 32.2. The Morgan fingerprint density at radius 2 is 1.89 bits per heavy atom. The quantitative estimate of drug-likeness (QED) is 0.713. The van der Waals surface area contributed by atoms with Gasteiger partial charge in [-0.1, -0.05) is 24.3 Å². The van der Waals surface area contributed by atoms with Gasteiger partial charge >= 0.3 is 0 Å². The minimum absolute atomic E-state index is 0.0216. The Kier molecular flexibility index (Phi) is 4.03. The van der Waals surface area contributed by atoms with Crippen LogP contribution in [0.15, 0.2) is 65.7 Å². The predicted molar refractivity (Wildman–Crippen MR) is 106 cm³/mol. The predicted octanol–water partition coefficient (Wildman–Crippen LogP) is 2.75. The maximum absolute atomic E-state index is 13.0. The number of H-pyrrole nitrogens is 1. The van der Waals surface area contributed by atoms with E-state index in [0.29, 0.717) is 18.5 Å². The van der Waals surface area contributed by atoms with Crippen LogP contribution in [0, 0.1) is 5.92 Å². The molecule has 2 aromatic carbocycles. The summed E-state index contributed by atoms with van der Waals surface area (Å²) in [6, 6.07) is 16.1. The summed E-state index contributed by atoms with van der Waals surface area (Å²) in [6.45, 7) is 0.592. The number of sulfonamides is 1. The molecule has 1 aromatic heterocycles. The molecule has 2 N–H and O–H groups in total. The number of hydrogen-bond donors (Lipinski definition) is 2. The van der Waals surface area contributed by atoms with E-state index in [-0.39, 0.29) is 28.8 Å². The van der Waals surface area contributed by atoms with Gasteiger partial charge in [0, 0.05) is 35.9 Å². The molecule has 1 saturated heterocycles. The number of benzene rings is 2. The molecule has 144 valence electrons. The second kappa shape index (κ2) is 6.46. The van der Waals surface area contributed by atoms with Crippen LogP contribution in [0.1, 0.15) is 23.2 Å². The summed E-state index contributed by atoms with van der Waals surface area (Å²) in [5, 5.41) is 1.08. The molecule has 2 aliphatic rings. The number of carbonyl (C=O) groups is 1. The Morgan fingerprint density at radius 3 is 2.64 bits per heavy atom. The molecule has 3 unspecified atom stereocenters. The van der Waals surface area contributed by atoms with Crippen molar-refractivity contribution in [3.05, 3.63) is 66.4 Å². The van der Waals surface area contributed by atoms with Crippen LogP contribution in [0.5, 0.6) is 0 Å². The summed E-state index contributed by atoms with van der Waals surface area (Å²) in [5.41, 5.74) is 1.62. The number of aromatic nitrogens is 1. The third-order valence-corrected chi connectivity index (χ3v) is 7.47. The van der Waals surface area contributed by atoms with E-state index >= 15 is 0 Å². The van der Waals surface area contributed by atoms with Crippen molar-refractivity contribution in [3.63, 3.8) is 0 Å². The van der Waals surface area contributed by atoms with Crippen LogP contribution < -0.4 is 4.72 Å². The summed E-state index contributed by atoms with van der Waals surface area (Å²) in [5.74, 6) is 0.176. The number of piperidine rings is 1. The van der Waals surface area contributed by atoms with Gasteiger partial charge in [-0.2, -0.15) is 0 Å². The van der Waals surface area contributed by atoms with Crippen molar-refractivity contribution in [2.24, 2.45) is 5.92 Å². The van der Waals surface area contributed by atoms with E-state index in [4.69, 9.17) is 0 Å². The van der Waals surface area contributed by atoms with Gasteiger partial charge in [0.1, 0.15) is 0 Å². The van der Waals surface area contributed by atoms with Crippen LogP contribution in [-0.2, 0) is 10.0 Å². The first-order valence-corrected chi connectivity index (χ1v) is 10.9. The van der Waals surface area contributed by atoms with E-state index < -0.39 is 10.0 Å². The summed E-state index contributed by atoms with van der Waals surface area (Å²) >= 11 is 0. The molecule has 2 fully saturated rings. The highest BCUT2D eigenvalue weighted by Gasteiger charge is 2.47. The molecular formula is C21H21N3O3S. The molecule has 0 radical (unpaired) electrons. The average molecular weight is 395 g/mol. The van der Waals surface area contributed by atoms with E-state index in [1.54, 1.807) is 30.3 Å². The number of nitrogens with one attached hydrogen (secondary N) is 2. The van der Waals surface area contributed by atoms with E-state index in [2.05, 4.69) is 9.71 Å². The minimum atomic E-state index is -3.53. The lowest BCUT2D eigenvalue weighted by Crippen LogP contribution is -2.47. The van der Waals surface area contributed by atoms with E-state index in [0.717, 1.165) is 17.3 Å². The highest BCUT2D eigenvalue weighted by molar-refractivity contribution is 7.89. The fourth-order valence-corrected chi connectivity index (χ4v) is 5.90. The molecule has 1 saturated carbocycles. The van der Waals surface area contributed by atoms with Crippen molar-refractivity contribution in [2.75, 3.05) is 6.54 Å². The van der Waals surface area contributed by atoms with Gasteiger partial charge in [-0.15, -0.1) is 0 Å². The Labute approximate surface area is 163 Å². The molecule has 1 aliphatic heterocycles. The SMILES string of the molecule is O=C(c1ccc2cc[nH]c2c1)N1CC2CC1CC2NS(=O)(=O)c1ccccc1. The van der Waals surface area contributed by atoms with Crippen LogP contribution in [0.3, 0.4) is 0 Å². The fraction of sp³-hybridized carbons (Fsp3) is 0.286. The molecule has 0 spiro atoms. The van der Waals surface area contributed by atoms with Gasteiger partial charge in [0.2, 0.25) is 10.0 Å². The van der Waals surface area contributed by atoms with Crippen molar-refractivity contribution in [2.45, 2.75) is 29.8 Å². The number of amides is 1. The second-order valence-corrected chi connectivity index (χ2v) is 9.38. The van der Waals surface area contributed by atoms with Crippen LogP contribution >= 0.6 is 0 Å². The molecular weight excluding hydrogens is 374 g/mol. The maximum atomic E-state index is 13.0. The number of likely N-dealkylation sites (tertiary alicyclic amines) is 1. The van der Waals surface area contributed by atoms with Crippen molar-refractivity contribution >= 4 is 26.8 Å². The standard InChI is InChI=1S/C21H21N3O3S/c25-21(15-7-6-14-8-9-22-19(14)11-15)24-13-16-10-17(24)12-20(16)23-28(26,27)18-4-2-1-3-5-18/h1-9,11,16-17,20,22-23H,10,12-13H2. The zero-order chi connectivity index (χ0) is 19.3. The van der Waals surface area contributed by atoms with Crippen molar-refractivity contribution in [1.82, 2.24) is 14.6 Å². The molecule has 3 aromatic rings. The van der Waals surface area contributed by atoms with E-state index in [9.17, 15) is 13.2 Å². The smallest absolute Gasteiger partial charge is 0.254 e. The van der Waals surface area contributed by atoms with Crippen molar-refractivity contribution < 1.29 is 13.2 Å². The lowest BCUT2D eigenvalue weighted by molar-refractivity contribution is 0.0691. The van der Waals surface area contributed by atoms with Gasteiger partial charge in [-0.25, -0.2) is 13.1 Å². The Bertz CT molecular complexity index is 1140. The topological polar surface area (TPSA) is 82.3 Å². The van der Waals surface area contributed by atoms with Crippen LogP contribution in [-0.4, -0.2) is 42.8 Å². The third-order valence-electron chi connectivity index (χ3n) is 5.96. The molecule has 2 bridgehead atoms. The normalized spacial score (nSPS) is 24.1. The molecule has 1 amide bonds. The van der Waals surface area contributed by atoms with E-state index in [1.807, 2.05) is 35.4 Å². The average Bonchev–Trinajstić information content (AvgIpc) is 3.42. The number of aromatic amines is 1. The molecule has 1 aliphatic carbocycles. The van der Waals surface area contributed by atoms with Gasteiger partial charge in [-0.05, 0) is 54.5 Å². The van der Waals surface area contributed by atoms with Crippen molar-refractivity contribution in [1.29, 1.82) is 0 Å². The number of hydrogen-bond acceptors (Lipinski definition) is 3.